The van der Waals surface area contributed by atoms with Gasteiger partial charge in [0.2, 0.25) is 5.91 Å². The average Bonchev–Trinajstić information content (AvgIpc) is 3.51. The monoisotopic (exact) mass is 476 g/mol. The van der Waals surface area contributed by atoms with E-state index in [4.69, 9.17) is 0 Å². The Kier molecular flexibility index (Phi) is 7.00. The first-order valence-electron chi connectivity index (χ1n) is 12.0. The maximum atomic E-state index is 13.6. The number of halogens is 3. The second-order valence-corrected chi connectivity index (χ2v) is 9.80. The fourth-order valence-corrected chi connectivity index (χ4v) is 4.96. The largest absolute Gasteiger partial charge is 0.416 e. The van der Waals surface area contributed by atoms with Crippen molar-refractivity contribution in [1.29, 1.82) is 0 Å². The van der Waals surface area contributed by atoms with E-state index in [0.29, 0.717) is 18.2 Å². The molecule has 1 saturated carbocycles. The van der Waals surface area contributed by atoms with E-state index in [9.17, 15) is 22.8 Å². The van der Waals surface area contributed by atoms with Crippen LogP contribution < -0.4 is 5.32 Å². The Labute approximate surface area is 197 Å². The maximum absolute atomic E-state index is 13.6. The van der Waals surface area contributed by atoms with Gasteiger partial charge in [0.15, 0.2) is 5.82 Å². The van der Waals surface area contributed by atoms with Crippen molar-refractivity contribution in [1.82, 2.24) is 14.7 Å². The predicted molar refractivity (Wildman–Crippen MR) is 122 cm³/mol. The molecule has 0 radical (unpaired) electrons. The van der Waals surface area contributed by atoms with E-state index in [0.717, 1.165) is 44.7 Å². The van der Waals surface area contributed by atoms with E-state index in [1.54, 1.807) is 16.9 Å². The third-order valence-electron chi connectivity index (χ3n) is 6.84. The van der Waals surface area contributed by atoms with E-state index < -0.39 is 29.6 Å². The maximum Gasteiger partial charge on any atom is 0.416 e. The molecule has 0 spiro atoms. The Morgan fingerprint density at radius 3 is 2.62 bits per heavy atom. The highest BCUT2D eigenvalue weighted by Gasteiger charge is 2.43. The molecule has 184 valence electrons. The summed E-state index contributed by atoms with van der Waals surface area (Å²) in [5.41, 5.74) is -0.844. The van der Waals surface area contributed by atoms with Crippen molar-refractivity contribution in [2.75, 3.05) is 5.32 Å². The van der Waals surface area contributed by atoms with E-state index in [-0.39, 0.29) is 23.6 Å². The van der Waals surface area contributed by atoms with Crippen molar-refractivity contribution >= 4 is 17.6 Å². The Hall–Kier alpha value is -2.84. The fraction of sp³-hybridized carbons (Fsp3) is 0.560. The number of hydrogen-bond acceptors (Lipinski definition) is 3. The number of rotatable bonds is 8. The van der Waals surface area contributed by atoms with Gasteiger partial charge in [0, 0.05) is 30.9 Å². The number of benzene rings is 1. The first-order valence-corrected chi connectivity index (χ1v) is 12.0. The number of aromatic nitrogens is 2. The number of fused-ring (bicyclic) bond motifs is 1. The summed E-state index contributed by atoms with van der Waals surface area (Å²) in [6, 6.07) is 4.50. The summed E-state index contributed by atoms with van der Waals surface area (Å²) in [4.78, 5) is 27.8. The number of amides is 2. The lowest BCUT2D eigenvalue weighted by Crippen LogP contribution is -2.45. The molecule has 4 rings (SSSR count). The molecule has 1 aromatic carbocycles. The van der Waals surface area contributed by atoms with Gasteiger partial charge in [0.25, 0.3) is 5.91 Å². The molecule has 6 nitrogen and oxygen atoms in total. The van der Waals surface area contributed by atoms with Crippen molar-refractivity contribution < 1.29 is 22.8 Å². The van der Waals surface area contributed by atoms with Crippen LogP contribution in [-0.4, -0.2) is 32.5 Å². The van der Waals surface area contributed by atoms with Crippen molar-refractivity contribution in [3.63, 3.8) is 0 Å². The summed E-state index contributed by atoms with van der Waals surface area (Å²) in [6.45, 7) is 4.74. The van der Waals surface area contributed by atoms with Gasteiger partial charge in [-0.1, -0.05) is 45.6 Å². The molecule has 2 heterocycles. The van der Waals surface area contributed by atoms with Crippen LogP contribution in [0.3, 0.4) is 0 Å². The summed E-state index contributed by atoms with van der Waals surface area (Å²) >= 11 is 0. The van der Waals surface area contributed by atoms with Crippen LogP contribution in [-0.2, 0) is 24.1 Å². The SMILES string of the molecule is CC(C)CCn1ccc(NC(=O)[C@H](CC2CCCC2)N2Cc3c(cccc3C(F)(F)F)C2=O)n1. The van der Waals surface area contributed by atoms with Crippen LogP contribution in [0, 0.1) is 11.8 Å². The Morgan fingerprint density at radius 1 is 1.21 bits per heavy atom. The summed E-state index contributed by atoms with van der Waals surface area (Å²) in [6.07, 6.45) is 2.64. The molecule has 9 heteroatoms. The number of alkyl halides is 3. The molecular formula is C25H31F3N4O2. The first kappa shape index (κ1) is 24.3. The van der Waals surface area contributed by atoms with Gasteiger partial charge in [-0.25, -0.2) is 0 Å². The minimum atomic E-state index is -4.56. The van der Waals surface area contributed by atoms with Gasteiger partial charge >= 0.3 is 6.18 Å². The van der Waals surface area contributed by atoms with E-state index >= 15 is 0 Å². The third kappa shape index (κ3) is 5.28. The number of aryl methyl sites for hydroxylation is 1. The minimum absolute atomic E-state index is 0.0250. The van der Waals surface area contributed by atoms with Crippen molar-refractivity contribution in [3.05, 3.63) is 47.2 Å². The smallest absolute Gasteiger partial charge is 0.322 e. The number of carbonyl (C=O) groups excluding carboxylic acids is 2. The lowest BCUT2D eigenvalue weighted by molar-refractivity contribution is -0.138. The molecule has 1 aliphatic carbocycles. The second kappa shape index (κ2) is 9.80. The minimum Gasteiger partial charge on any atom is -0.322 e. The Balaban J connectivity index is 1.55. The molecule has 1 aromatic heterocycles. The van der Waals surface area contributed by atoms with Crippen molar-refractivity contribution in [2.24, 2.45) is 11.8 Å². The molecule has 2 amide bonds. The molecule has 34 heavy (non-hydrogen) atoms. The van der Waals surface area contributed by atoms with Crippen molar-refractivity contribution in [2.45, 2.75) is 77.7 Å². The van der Waals surface area contributed by atoms with Gasteiger partial charge in [-0.05, 0) is 42.4 Å². The molecule has 0 bridgehead atoms. The lowest BCUT2D eigenvalue weighted by atomic mass is 9.96. The number of hydrogen-bond donors (Lipinski definition) is 1. The summed E-state index contributed by atoms with van der Waals surface area (Å²) < 4.78 is 42.5. The van der Waals surface area contributed by atoms with E-state index in [1.807, 2.05) is 0 Å². The van der Waals surface area contributed by atoms with Gasteiger partial charge in [-0.2, -0.15) is 18.3 Å². The molecule has 1 fully saturated rings. The molecule has 0 unspecified atom stereocenters. The van der Waals surface area contributed by atoms with Crippen LogP contribution in [0.25, 0.3) is 0 Å². The topological polar surface area (TPSA) is 67.2 Å². The average molecular weight is 477 g/mol. The zero-order valence-corrected chi connectivity index (χ0v) is 19.6. The van der Waals surface area contributed by atoms with Crippen LogP contribution in [0.4, 0.5) is 19.0 Å². The van der Waals surface area contributed by atoms with Crippen LogP contribution in [0.2, 0.25) is 0 Å². The van der Waals surface area contributed by atoms with Crippen LogP contribution in [0.5, 0.6) is 0 Å². The molecule has 2 aliphatic rings. The summed E-state index contributed by atoms with van der Waals surface area (Å²) in [7, 11) is 0. The summed E-state index contributed by atoms with van der Waals surface area (Å²) in [5, 5.41) is 7.21. The molecule has 2 aromatic rings. The van der Waals surface area contributed by atoms with Crippen LogP contribution in [0.1, 0.15) is 73.9 Å². The predicted octanol–water partition coefficient (Wildman–Crippen LogP) is 5.49. The van der Waals surface area contributed by atoms with Gasteiger partial charge in [0.05, 0.1) is 5.56 Å². The summed E-state index contributed by atoms with van der Waals surface area (Å²) in [5.74, 6) is 0.225. The second-order valence-electron chi connectivity index (χ2n) is 9.80. The number of anilines is 1. The first-order chi connectivity index (χ1) is 16.1. The highest BCUT2D eigenvalue weighted by Crippen LogP contribution is 2.39. The van der Waals surface area contributed by atoms with Crippen LogP contribution in [0.15, 0.2) is 30.5 Å². The molecular weight excluding hydrogens is 445 g/mol. The Bertz CT molecular complexity index is 1040. The number of nitrogens with one attached hydrogen (secondary N) is 1. The normalized spacial score (nSPS) is 17.5. The van der Waals surface area contributed by atoms with Gasteiger partial charge in [0.1, 0.15) is 6.04 Å². The standard InChI is InChI=1S/C25H31F3N4O2/c1-16(2)10-12-31-13-11-22(30-31)29-23(33)21(14-17-6-3-4-7-17)32-15-19-18(24(32)34)8-5-9-20(19)25(26,27)28/h5,8-9,11,13,16-17,21H,3-4,6-7,10,12,14-15H2,1-2H3,(H,29,30,33)/t21-/m0/s1. The highest BCUT2D eigenvalue weighted by atomic mass is 19.4. The molecule has 1 N–H and O–H groups in total. The zero-order valence-electron chi connectivity index (χ0n) is 19.6. The fourth-order valence-electron chi connectivity index (χ4n) is 4.96. The molecule has 1 aliphatic heterocycles. The van der Waals surface area contributed by atoms with Crippen molar-refractivity contribution in [3.8, 4) is 0 Å². The molecule has 0 saturated heterocycles. The highest BCUT2D eigenvalue weighted by molar-refractivity contribution is 6.03. The van der Waals surface area contributed by atoms with Gasteiger partial charge in [-0.15, -0.1) is 0 Å². The quantitative estimate of drug-likeness (QED) is 0.548. The number of nitrogens with zero attached hydrogens (tertiary/aromatic N) is 3. The van der Waals surface area contributed by atoms with Gasteiger partial charge in [-0.3, -0.25) is 14.3 Å². The van der Waals surface area contributed by atoms with E-state index in [1.165, 1.54) is 17.0 Å². The lowest BCUT2D eigenvalue weighted by Gasteiger charge is -2.29. The number of carbonyl (C=O) groups is 2. The molecule has 1 atom stereocenters. The zero-order chi connectivity index (χ0) is 24.5. The van der Waals surface area contributed by atoms with Crippen LogP contribution >= 0.6 is 0 Å². The van der Waals surface area contributed by atoms with E-state index in [2.05, 4.69) is 24.3 Å². The third-order valence-corrected chi connectivity index (χ3v) is 6.84. The van der Waals surface area contributed by atoms with Gasteiger partial charge < -0.3 is 10.2 Å². The Morgan fingerprint density at radius 2 is 1.94 bits per heavy atom.